The maximum Gasteiger partial charge on any atom is 0.275 e. The van der Waals surface area contributed by atoms with E-state index in [2.05, 4.69) is 15.4 Å². The fraction of sp³-hybridized carbons (Fsp3) is 0.100. The highest BCUT2D eigenvalue weighted by molar-refractivity contribution is 7.16. The number of aromatic nitrogens is 3. The molecule has 0 aliphatic carbocycles. The van der Waals surface area contributed by atoms with E-state index in [0.29, 0.717) is 27.7 Å². The Morgan fingerprint density at radius 3 is 2.79 bits per heavy atom. The summed E-state index contributed by atoms with van der Waals surface area (Å²) >= 11 is 1.32. The van der Waals surface area contributed by atoms with Crippen LogP contribution in [0.3, 0.4) is 0 Å². The number of nitrogens with zero attached hydrogens (tertiary/aromatic N) is 3. The number of nitrogens with one attached hydrogen (secondary N) is 1. The Balaban J connectivity index is 1.46. The van der Waals surface area contributed by atoms with Gasteiger partial charge >= 0.3 is 0 Å². The van der Waals surface area contributed by atoms with Crippen LogP contribution in [0.5, 0.6) is 5.75 Å². The number of fused-ring (bicyclic) bond motifs is 1. The number of ether oxygens (including phenoxy) is 1. The van der Waals surface area contributed by atoms with Crippen LogP contribution in [0, 0.1) is 12.7 Å². The third kappa shape index (κ3) is 4.30. The zero-order valence-corrected chi connectivity index (χ0v) is 16.1. The highest BCUT2D eigenvalue weighted by Gasteiger charge is 2.09. The van der Waals surface area contributed by atoms with E-state index in [1.54, 1.807) is 31.2 Å². The van der Waals surface area contributed by atoms with E-state index in [1.807, 2.05) is 0 Å². The molecule has 1 amide bonds. The number of carbonyl (C=O) groups is 1. The van der Waals surface area contributed by atoms with Crippen LogP contribution in [0.15, 0.2) is 59.4 Å². The number of carbonyl (C=O) groups excluding carboxylic acids is 1. The summed E-state index contributed by atoms with van der Waals surface area (Å²) in [7, 11) is 0. The Labute approximate surface area is 168 Å². The lowest BCUT2D eigenvalue weighted by atomic mass is 10.2. The van der Waals surface area contributed by atoms with E-state index in [9.17, 15) is 14.0 Å². The quantitative estimate of drug-likeness (QED) is 0.545. The molecule has 0 bridgehead atoms. The van der Waals surface area contributed by atoms with Crippen LogP contribution in [-0.4, -0.2) is 20.5 Å². The molecule has 146 valence electrons. The molecule has 4 aromatic rings. The standard InChI is InChI=1S/C20H15FN4O3S/c1-12-24-25-18(26)10-16(23-20(25)29-12)11-28-17-4-2-3-15(9-17)22-19(27)13-5-7-14(21)8-6-13/h2-10H,11H2,1H3,(H,22,27). The molecule has 0 saturated heterocycles. The molecule has 7 nitrogen and oxygen atoms in total. The van der Waals surface area contributed by atoms with Gasteiger partial charge in [-0.25, -0.2) is 9.37 Å². The van der Waals surface area contributed by atoms with Crippen molar-refractivity contribution >= 4 is 27.9 Å². The van der Waals surface area contributed by atoms with Crippen molar-refractivity contribution in [2.45, 2.75) is 13.5 Å². The second-order valence-electron chi connectivity index (χ2n) is 6.18. The molecule has 0 atom stereocenters. The van der Waals surface area contributed by atoms with Gasteiger partial charge in [-0.15, -0.1) is 0 Å². The molecule has 1 N–H and O–H groups in total. The van der Waals surface area contributed by atoms with Crippen LogP contribution in [0.25, 0.3) is 4.96 Å². The highest BCUT2D eigenvalue weighted by atomic mass is 32.1. The first-order valence-electron chi connectivity index (χ1n) is 8.64. The average Bonchev–Trinajstić information content (AvgIpc) is 3.08. The summed E-state index contributed by atoms with van der Waals surface area (Å²) in [6, 6.07) is 13.5. The molecule has 0 fully saturated rings. The average molecular weight is 410 g/mol. The topological polar surface area (TPSA) is 85.6 Å². The van der Waals surface area contributed by atoms with Crippen LogP contribution in [0.2, 0.25) is 0 Å². The number of hydrogen-bond acceptors (Lipinski definition) is 6. The van der Waals surface area contributed by atoms with Gasteiger partial charge in [0.15, 0.2) is 0 Å². The van der Waals surface area contributed by atoms with E-state index < -0.39 is 5.82 Å². The fourth-order valence-electron chi connectivity index (χ4n) is 2.65. The fourth-order valence-corrected chi connectivity index (χ4v) is 3.42. The van der Waals surface area contributed by atoms with Crippen molar-refractivity contribution in [1.82, 2.24) is 14.6 Å². The van der Waals surface area contributed by atoms with Gasteiger partial charge in [0.2, 0.25) is 4.96 Å². The Hall–Kier alpha value is -3.59. The number of rotatable bonds is 5. The molecule has 0 spiro atoms. The third-order valence-corrected chi connectivity index (χ3v) is 4.81. The second-order valence-corrected chi connectivity index (χ2v) is 7.34. The molecular formula is C20H15FN4O3S. The largest absolute Gasteiger partial charge is 0.487 e. The minimum atomic E-state index is -0.406. The first kappa shape index (κ1) is 18.8. The number of halogens is 1. The van der Waals surface area contributed by atoms with Crippen LogP contribution in [0.4, 0.5) is 10.1 Å². The van der Waals surface area contributed by atoms with Crippen molar-refractivity contribution in [3.8, 4) is 5.75 Å². The first-order valence-corrected chi connectivity index (χ1v) is 9.46. The monoisotopic (exact) mass is 410 g/mol. The van der Waals surface area contributed by atoms with Gasteiger partial charge in [-0.05, 0) is 43.3 Å². The predicted octanol–water partition coefficient (Wildman–Crippen LogP) is 3.43. The van der Waals surface area contributed by atoms with Crippen molar-refractivity contribution in [1.29, 1.82) is 0 Å². The van der Waals surface area contributed by atoms with Gasteiger partial charge < -0.3 is 10.1 Å². The molecule has 9 heteroatoms. The maximum absolute atomic E-state index is 13.0. The molecule has 4 rings (SSSR count). The summed E-state index contributed by atoms with van der Waals surface area (Å²) in [6.45, 7) is 1.90. The van der Waals surface area contributed by atoms with Gasteiger partial charge in [0.05, 0.1) is 5.69 Å². The summed E-state index contributed by atoms with van der Waals surface area (Å²) in [5.74, 6) is -0.260. The molecule has 29 heavy (non-hydrogen) atoms. The summed E-state index contributed by atoms with van der Waals surface area (Å²) < 4.78 is 20.0. The first-order chi connectivity index (χ1) is 14.0. The smallest absolute Gasteiger partial charge is 0.275 e. The van der Waals surface area contributed by atoms with Gasteiger partial charge in [-0.3, -0.25) is 9.59 Å². The second kappa shape index (κ2) is 7.80. The highest BCUT2D eigenvalue weighted by Crippen LogP contribution is 2.19. The summed E-state index contributed by atoms with van der Waals surface area (Å²) in [5.41, 5.74) is 1.09. The van der Waals surface area contributed by atoms with Crippen LogP contribution >= 0.6 is 11.3 Å². The van der Waals surface area contributed by atoms with Gasteiger partial charge in [0, 0.05) is 23.4 Å². The number of aryl methyl sites for hydroxylation is 1. The van der Waals surface area contributed by atoms with E-state index in [0.717, 1.165) is 5.01 Å². The number of anilines is 1. The van der Waals surface area contributed by atoms with Gasteiger partial charge in [-0.2, -0.15) is 9.61 Å². The Bertz CT molecular complexity index is 1250. The zero-order chi connectivity index (χ0) is 20.4. The van der Waals surface area contributed by atoms with E-state index in [4.69, 9.17) is 4.74 Å². The maximum atomic E-state index is 13.0. The summed E-state index contributed by atoms with van der Waals surface area (Å²) in [6.07, 6.45) is 0. The minimum absolute atomic E-state index is 0.0953. The number of hydrogen-bond donors (Lipinski definition) is 1. The lowest BCUT2D eigenvalue weighted by Gasteiger charge is -2.09. The van der Waals surface area contributed by atoms with Gasteiger partial charge in [0.1, 0.15) is 23.2 Å². The SMILES string of the molecule is Cc1nn2c(=O)cc(COc3cccc(NC(=O)c4ccc(F)cc4)c3)nc2s1. The van der Waals surface area contributed by atoms with E-state index in [-0.39, 0.29) is 18.1 Å². The van der Waals surface area contributed by atoms with Gasteiger partial charge in [-0.1, -0.05) is 17.4 Å². The molecule has 0 aliphatic heterocycles. The van der Waals surface area contributed by atoms with Crippen molar-refractivity contribution in [3.05, 3.63) is 87.0 Å². The lowest BCUT2D eigenvalue weighted by molar-refractivity contribution is 0.102. The molecule has 0 saturated carbocycles. The minimum Gasteiger partial charge on any atom is -0.487 e. The van der Waals surface area contributed by atoms with Crippen molar-refractivity contribution in [2.75, 3.05) is 5.32 Å². The Kier molecular flexibility index (Phi) is 5.05. The van der Waals surface area contributed by atoms with Crippen molar-refractivity contribution in [2.24, 2.45) is 0 Å². The summed E-state index contributed by atoms with van der Waals surface area (Å²) in [5, 5.41) is 7.58. The molecular weight excluding hydrogens is 395 g/mol. The van der Waals surface area contributed by atoms with Crippen LogP contribution in [0.1, 0.15) is 21.1 Å². The van der Waals surface area contributed by atoms with Crippen LogP contribution in [-0.2, 0) is 6.61 Å². The molecule has 2 aromatic heterocycles. The third-order valence-electron chi connectivity index (χ3n) is 3.98. The van der Waals surface area contributed by atoms with Crippen LogP contribution < -0.4 is 15.6 Å². The van der Waals surface area contributed by atoms with Crippen molar-refractivity contribution < 1.29 is 13.9 Å². The molecule has 0 aliphatic rings. The van der Waals surface area contributed by atoms with E-state index >= 15 is 0 Å². The van der Waals surface area contributed by atoms with Crippen molar-refractivity contribution in [3.63, 3.8) is 0 Å². The molecule has 2 heterocycles. The number of benzene rings is 2. The normalized spacial score (nSPS) is 10.8. The molecule has 2 aromatic carbocycles. The number of amides is 1. The molecule has 0 radical (unpaired) electrons. The predicted molar refractivity (Wildman–Crippen MR) is 107 cm³/mol. The Morgan fingerprint density at radius 2 is 2.00 bits per heavy atom. The summed E-state index contributed by atoms with van der Waals surface area (Å²) in [4.78, 5) is 29.2. The van der Waals surface area contributed by atoms with Gasteiger partial charge in [0.25, 0.3) is 11.5 Å². The zero-order valence-electron chi connectivity index (χ0n) is 15.3. The van der Waals surface area contributed by atoms with E-state index in [1.165, 1.54) is 46.2 Å². The lowest BCUT2D eigenvalue weighted by Crippen LogP contribution is -2.16. The Morgan fingerprint density at radius 1 is 1.21 bits per heavy atom. The molecule has 0 unspecified atom stereocenters.